The molecule has 1 heterocycles. The molecule has 1 unspecified atom stereocenters. The van der Waals surface area contributed by atoms with Crippen LogP contribution in [0.15, 0.2) is 46.0 Å². The summed E-state index contributed by atoms with van der Waals surface area (Å²) in [6.45, 7) is 0. The summed E-state index contributed by atoms with van der Waals surface area (Å²) in [4.78, 5) is 4.00. The van der Waals surface area contributed by atoms with Gasteiger partial charge >= 0.3 is 0 Å². The van der Waals surface area contributed by atoms with Gasteiger partial charge in [-0.3, -0.25) is 4.21 Å². The van der Waals surface area contributed by atoms with E-state index in [-0.39, 0.29) is 11.6 Å². The summed E-state index contributed by atoms with van der Waals surface area (Å²) in [7, 11) is -1.34. The van der Waals surface area contributed by atoms with Crippen LogP contribution in [0.3, 0.4) is 0 Å². The molecule has 0 aliphatic heterocycles. The molecule has 18 heavy (non-hydrogen) atoms. The normalized spacial score (nSPS) is 12.3. The zero-order chi connectivity index (χ0) is 13.1. The van der Waals surface area contributed by atoms with Crippen LogP contribution in [0.4, 0.5) is 10.1 Å². The van der Waals surface area contributed by atoms with E-state index in [1.165, 1.54) is 6.07 Å². The van der Waals surface area contributed by atoms with Gasteiger partial charge in [0.05, 0.1) is 26.7 Å². The molecule has 1 aromatic carbocycles. The van der Waals surface area contributed by atoms with Gasteiger partial charge in [-0.2, -0.15) is 0 Å². The predicted octanol–water partition coefficient (Wildman–Crippen LogP) is 2.87. The number of hydrogen-bond donors (Lipinski definition) is 1. The third kappa shape index (κ3) is 2.94. The maximum Gasteiger partial charge on any atom is 0.150 e. The lowest BCUT2D eigenvalue weighted by Crippen LogP contribution is -2.03. The number of nitrogen functional groups attached to an aromatic ring is 1. The second-order valence-corrected chi connectivity index (χ2v) is 5.86. The number of halogens is 2. The Bertz CT molecular complexity index is 606. The molecule has 0 amide bonds. The summed E-state index contributed by atoms with van der Waals surface area (Å²) in [6, 6.07) is 7.87. The van der Waals surface area contributed by atoms with Crippen molar-refractivity contribution >= 4 is 32.4 Å². The Morgan fingerprint density at radius 2 is 2.17 bits per heavy atom. The Kier molecular flexibility index (Phi) is 4.08. The first-order valence-corrected chi connectivity index (χ1v) is 7.22. The second-order valence-electron chi connectivity index (χ2n) is 3.64. The van der Waals surface area contributed by atoms with Gasteiger partial charge < -0.3 is 5.73 Å². The lowest BCUT2D eigenvalue weighted by atomic mass is 10.2. The topological polar surface area (TPSA) is 56.0 Å². The zero-order valence-corrected chi connectivity index (χ0v) is 11.7. The molecular formula is C12H10BrFN2OS. The largest absolute Gasteiger partial charge is 0.396 e. The summed E-state index contributed by atoms with van der Waals surface area (Å²) in [5.41, 5.74) is 6.86. The molecule has 0 aliphatic rings. The van der Waals surface area contributed by atoms with Crippen molar-refractivity contribution in [2.24, 2.45) is 0 Å². The molecule has 0 saturated carbocycles. The summed E-state index contributed by atoms with van der Waals surface area (Å²) in [5, 5.41) is 0.359. The number of benzene rings is 1. The summed E-state index contributed by atoms with van der Waals surface area (Å²) in [5.74, 6) is -0.0954. The van der Waals surface area contributed by atoms with E-state index in [1.807, 2.05) is 0 Å². The van der Waals surface area contributed by atoms with Gasteiger partial charge in [0.15, 0.2) is 0 Å². The van der Waals surface area contributed by atoms with Crippen LogP contribution in [0.1, 0.15) is 5.56 Å². The summed E-state index contributed by atoms with van der Waals surface area (Å²) < 4.78 is 25.5. The van der Waals surface area contributed by atoms with Crippen LogP contribution in [0.25, 0.3) is 0 Å². The van der Waals surface area contributed by atoms with Gasteiger partial charge in [-0.05, 0) is 45.8 Å². The van der Waals surface area contributed by atoms with Crippen molar-refractivity contribution in [2.45, 2.75) is 10.8 Å². The standard InChI is InChI=1S/C12H10BrFN2OS/c13-9-6-8(3-4-10(9)14)7-18(17)12-11(15)2-1-5-16-12/h1-6H,7,15H2. The van der Waals surface area contributed by atoms with Gasteiger partial charge in [0.1, 0.15) is 10.8 Å². The number of pyridine rings is 1. The first kappa shape index (κ1) is 13.2. The van der Waals surface area contributed by atoms with Gasteiger partial charge in [0, 0.05) is 6.20 Å². The lowest BCUT2D eigenvalue weighted by Gasteiger charge is -2.05. The van der Waals surface area contributed by atoms with E-state index in [4.69, 9.17) is 5.73 Å². The van der Waals surface area contributed by atoms with Crippen molar-refractivity contribution in [1.29, 1.82) is 0 Å². The maximum absolute atomic E-state index is 13.1. The van der Waals surface area contributed by atoms with Crippen molar-refractivity contribution in [3.05, 3.63) is 52.4 Å². The predicted molar refractivity (Wildman–Crippen MR) is 72.9 cm³/mol. The Morgan fingerprint density at radius 1 is 1.39 bits per heavy atom. The fraction of sp³-hybridized carbons (Fsp3) is 0.0833. The first-order chi connectivity index (χ1) is 8.58. The molecule has 0 spiro atoms. The Morgan fingerprint density at radius 3 is 2.83 bits per heavy atom. The van der Waals surface area contributed by atoms with Gasteiger partial charge in [-0.15, -0.1) is 0 Å². The minimum Gasteiger partial charge on any atom is -0.396 e. The lowest BCUT2D eigenvalue weighted by molar-refractivity contribution is 0.620. The smallest absolute Gasteiger partial charge is 0.150 e. The van der Waals surface area contributed by atoms with Crippen molar-refractivity contribution in [2.75, 3.05) is 5.73 Å². The van der Waals surface area contributed by atoms with Crippen LogP contribution < -0.4 is 5.73 Å². The van der Waals surface area contributed by atoms with Crippen molar-refractivity contribution in [3.8, 4) is 0 Å². The molecule has 6 heteroatoms. The minimum atomic E-state index is -1.34. The van der Waals surface area contributed by atoms with Crippen molar-refractivity contribution in [1.82, 2.24) is 4.98 Å². The number of aromatic nitrogens is 1. The fourth-order valence-corrected chi connectivity index (χ4v) is 3.00. The van der Waals surface area contributed by atoms with E-state index in [1.54, 1.807) is 30.5 Å². The van der Waals surface area contributed by atoms with E-state index in [0.29, 0.717) is 15.2 Å². The molecule has 0 fully saturated rings. The van der Waals surface area contributed by atoms with Crippen molar-refractivity contribution in [3.63, 3.8) is 0 Å². The zero-order valence-electron chi connectivity index (χ0n) is 9.27. The Labute approximate surface area is 115 Å². The van der Waals surface area contributed by atoms with Gasteiger partial charge in [0.25, 0.3) is 0 Å². The molecule has 94 valence electrons. The van der Waals surface area contributed by atoms with E-state index in [9.17, 15) is 8.60 Å². The Balaban J connectivity index is 2.22. The quantitative estimate of drug-likeness (QED) is 0.942. The second kappa shape index (κ2) is 5.58. The molecule has 2 rings (SSSR count). The average molecular weight is 329 g/mol. The Hall–Kier alpha value is -1.27. The first-order valence-electron chi connectivity index (χ1n) is 5.10. The number of rotatable bonds is 3. The third-order valence-electron chi connectivity index (χ3n) is 2.30. The highest BCUT2D eigenvalue weighted by Crippen LogP contribution is 2.20. The van der Waals surface area contributed by atoms with Gasteiger partial charge in [-0.25, -0.2) is 9.37 Å². The van der Waals surface area contributed by atoms with Gasteiger partial charge in [0.2, 0.25) is 0 Å². The fourth-order valence-electron chi connectivity index (χ4n) is 1.44. The molecule has 1 atom stereocenters. The molecule has 1 aromatic heterocycles. The highest BCUT2D eigenvalue weighted by Gasteiger charge is 2.11. The highest BCUT2D eigenvalue weighted by molar-refractivity contribution is 9.10. The van der Waals surface area contributed by atoms with E-state index in [0.717, 1.165) is 5.56 Å². The molecule has 2 aromatic rings. The van der Waals surface area contributed by atoms with E-state index >= 15 is 0 Å². The third-order valence-corrected chi connectivity index (χ3v) is 4.27. The molecule has 3 nitrogen and oxygen atoms in total. The number of nitrogens with zero attached hydrogens (tertiary/aromatic N) is 1. The average Bonchev–Trinajstić information content (AvgIpc) is 2.34. The number of hydrogen-bond acceptors (Lipinski definition) is 3. The molecule has 0 aliphatic carbocycles. The van der Waals surface area contributed by atoms with Crippen LogP contribution in [0.5, 0.6) is 0 Å². The molecule has 0 saturated heterocycles. The van der Waals surface area contributed by atoms with E-state index in [2.05, 4.69) is 20.9 Å². The minimum absolute atomic E-state index is 0.250. The van der Waals surface area contributed by atoms with Crippen LogP contribution >= 0.6 is 15.9 Å². The number of anilines is 1. The van der Waals surface area contributed by atoms with Crippen LogP contribution in [-0.4, -0.2) is 9.19 Å². The monoisotopic (exact) mass is 328 g/mol. The molecule has 2 N–H and O–H groups in total. The number of nitrogens with two attached hydrogens (primary N) is 1. The van der Waals surface area contributed by atoms with Crippen LogP contribution in [0, 0.1) is 5.82 Å². The maximum atomic E-state index is 13.1. The highest BCUT2D eigenvalue weighted by atomic mass is 79.9. The van der Waals surface area contributed by atoms with Gasteiger partial charge in [-0.1, -0.05) is 6.07 Å². The molecule has 0 radical (unpaired) electrons. The summed E-state index contributed by atoms with van der Waals surface area (Å²) >= 11 is 3.09. The molecular weight excluding hydrogens is 319 g/mol. The van der Waals surface area contributed by atoms with E-state index < -0.39 is 10.8 Å². The van der Waals surface area contributed by atoms with Crippen LogP contribution in [0.2, 0.25) is 0 Å². The van der Waals surface area contributed by atoms with Crippen molar-refractivity contribution < 1.29 is 8.60 Å². The molecule has 0 bridgehead atoms. The van der Waals surface area contributed by atoms with Crippen LogP contribution in [-0.2, 0) is 16.6 Å². The SMILES string of the molecule is Nc1cccnc1S(=O)Cc1ccc(F)c(Br)c1. The summed E-state index contributed by atoms with van der Waals surface area (Å²) in [6.07, 6.45) is 1.55.